The van der Waals surface area contributed by atoms with E-state index in [9.17, 15) is 31.2 Å². The van der Waals surface area contributed by atoms with E-state index in [1.54, 1.807) is 20.0 Å². The zero-order valence-corrected chi connectivity index (χ0v) is 22.0. The Morgan fingerprint density at radius 1 is 1.13 bits per heavy atom. The van der Waals surface area contributed by atoms with Gasteiger partial charge in [-0.15, -0.1) is 0 Å². The number of sulfone groups is 1. The maximum atomic E-state index is 13.6. The summed E-state index contributed by atoms with van der Waals surface area (Å²) in [6.07, 6.45) is 0.785. The number of carbonyl (C=O) groups excluding carboxylic acids is 1. The van der Waals surface area contributed by atoms with Gasteiger partial charge in [-0.05, 0) is 48.4 Å². The number of halogens is 3. The molecule has 1 aromatic carbocycles. The van der Waals surface area contributed by atoms with Crippen LogP contribution in [-0.4, -0.2) is 39.9 Å². The zero-order valence-electron chi connectivity index (χ0n) is 21.2. The van der Waals surface area contributed by atoms with Gasteiger partial charge in [0.2, 0.25) is 0 Å². The molecule has 4 rings (SSSR count). The van der Waals surface area contributed by atoms with Crippen molar-refractivity contribution in [3.8, 4) is 16.9 Å². The van der Waals surface area contributed by atoms with Crippen LogP contribution in [0.15, 0.2) is 70.7 Å². The van der Waals surface area contributed by atoms with Crippen LogP contribution < -0.4 is 10.9 Å². The van der Waals surface area contributed by atoms with Crippen molar-refractivity contribution in [3.05, 3.63) is 93.8 Å². The summed E-state index contributed by atoms with van der Waals surface area (Å²) in [6.45, 7) is 1.64. The van der Waals surface area contributed by atoms with Crippen LogP contribution in [0.2, 0.25) is 0 Å². The second kappa shape index (κ2) is 10.5. The largest absolute Gasteiger partial charge is 0.416 e. The summed E-state index contributed by atoms with van der Waals surface area (Å²) in [4.78, 5) is 31.1. The molecular weight excluding hydrogens is 535 g/mol. The Hall–Kier alpha value is -4.26. The third-order valence-electron chi connectivity index (χ3n) is 6.10. The predicted molar refractivity (Wildman–Crippen MR) is 137 cm³/mol. The number of aryl methyl sites for hydroxylation is 1. The van der Waals surface area contributed by atoms with E-state index >= 15 is 0 Å². The molecule has 1 amide bonds. The Morgan fingerprint density at radius 2 is 1.87 bits per heavy atom. The molecule has 0 unspecified atom stereocenters. The van der Waals surface area contributed by atoms with Gasteiger partial charge in [0.1, 0.15) is 5.56 Å². The zero-order chi connectivity index (χ0) is 28.5. The van der Waals surface area contributed by atoms with Crippen LogP contribution in [0.25, 0.3) is 16.9 Å². The first-order valence-electron chi connectivity index (χ1n) is 11.7. The fraction of sp³-hybridized carbons (Fsp3) is 0.231. The van der Waals surface area contributed by atoms with Crippen LogP contribution in [0.4, 0.5) is 13.2 Å². The van der Waals surface area contributed by atoms with Crippen molar-refractivity contribution in [2.45, 2.75) is 31.0 Å². The van der Waals surface area contributed by atoms with Gasteiger partial charge in [0.25, 0.3) is 11.5 Å². The Labute approximate surface area is 221 Å². The van der Waals surface area contributed by atoms with E-state index in [2.05, 4.69) is 15.4 Å². The molecule has 0 atom stereocenters. The van der Waals surface area contributed by atoms with Crippen LogP contribution in [0.1, 0.15) is 34.1 Å². The first kappa shape index (κ1) is 27.8. The van der Waals surface area contributed by atoms with E-state index in [1.807, 2.05) is 0 Å². The summed E-state index contributed by atoms with van der Waals surface area (Å²) in [5.41, 5.74) is -0.290. The van der Waals surface area contributed by atoms with Crippen LogP contribution in [-0.2, 0) is 36.0 Å². The Kier molecular flexibility index (Phi) is 7.46. The number of carbonyl (C=O) groups is 1. The molecule has 0 spiro atoms. The molecule has 0 saturated heterocycles. The van der Waals surface area contributed by atoms with E-state index in [0.29, 0.717) is 22.5 Å². The molecule has 9 nitrogen and oxygen atoms in total. The minimum absolute atomic E-state index is 0.0127. The van der Waals surface area contributed by atoms with Gasteiger partial charge < -0.3 is 5.32 Å². The summed E-state index contributed by atoms with van der Waals surface area (Å²) in [5, 5.41) is 6.77. The summed E-state index contributed by atoms with van der Waals surface area (Å²) in [6, 6.07) is 8.74. The van der Waals surface area contributed by atoms with Crippen molar-refractivity contribution < 1.29 is 26.4 Å². The molecule has 3 aromatic heterocycles. The van der Waals surface area contributed by atoms with Crippen LogP contribution in [0.3, 0.4) is 0 Å². The standard InChI is InChI=1S/C26H24F3N5O4S/c1-4-20-21(22-10-11-32-33(22)2)15-34(18-7-5-6-16(12-18)26(27,28)29)25(36)23(20)24(35)31-13-17-8-9-19(14-30-17)39(3,37)38/h5-12,14-15H,4,13H2,1-3H3,(H,31,35). The minimum atomic E-state index is -4.63. The van der Waals surface area contributed by atoms with Crippen molar-refractivity contribution in [1.82, 2.24) is 24.6 Å². The molecule has 0 saturated carbocycles. The van der Waals surface area contributed by atoms with Gasteiger partial charge in [-0.3, -0.25) is 23.8 Å². The van der Waals surface area contributed by atoms with Gasteiger partial charge in [-0.2, -0.15) is 18.3 Å². The number of alkyl halides is 3. The van der Waals surface area contributed by atoms with Crippen LogP contribution in [0.5, 0.6) is 0 Å². The maximum Gasteiger partial charge on any atom is 0.416 e. The van der Waals surface area contributed by atoms with E-state index in [-0.39, 0.29) is 29.1 Å². The number of hydrogen-bond donors (Lipinski definition) is 1. The van der Waals surface area contributed by atoms with Gasteiger partial charge in [-0.25, -0.2) is 8.42 Å². The second-order valence-corrected chi connectivity index (χ2v) is 10.8. The molecule has 0 aliphatic carbocycles. The smallest absolute Gasteiger partial charge is 0.346 e. The second-order valence-electron chi connectivity index (χ2n) is 8.75. The molecule has 3 heterocycles. The van der Waals surface area contributed by atoms with Gasteiger partial charge in [0.15, 0.2) is 9.84 Å². The van der Waals surface area contributed by atoms with Gasteiger partial charge in [-0.1, -0.05) is 13.0 Å². The monoisotopic (exact) mass is 559 g/mol. The van der Waals surface area contributed by atoms with Crippen molar-refractivity contribution >= 4 is 15.7 Å². The van der Waals surface area contributed by atoms with Gasteiger partial charge in [0.05, 0.1) is 28.4 Å². The van der Waals surface area contributed by atoms with Gasteiger partial charge >= 0.3 is 6.18 Å². The Balaban J connectivity index is 1.82. The number of benzene rings is 1. The highest BCUT2D eigenvalue weighted by atomic mass is 32.2. The molecule has 39 heavy (non-hydrogen) atoms. The molecule has 0 bridgehead atoms. The molecular formula is C26H24F3N5O4S. The lowest BCUT2D eigenvalue weighted by Crippen LogP contribution is -2.34. The Bertz CT molecular complexity index is 1710. The van der Waals surface area contributed by atoms with Crippen molar-refractivity contribution in [2.24, 2.45) is 7.05 Å². The first-order valence-corrected chi connectivity index (χ1v) is 13.6. The fourth-order valence-electron chi connectivity index (χ4n) is 4.13. The quantitative estimate of drug-likeness (QED) is 0.370. The number of pyridine rings is 2. The molecule has 0 fully saturated rings. The summed E-state index contributed by atoms with van der Waals surface area (Å²) in [7, 11) is -1.79. The maximum absolute atomic E-state index is 13.6. The Morgan fingerprint density at radius 3 is 2.44 bits per heavy atom. The molecule has 1 N–H and O–H groups in total. The third-order valence-corrected chi connectivity index (χ3v) is 7.20. The highest BCUT2D eigenvalue weighted by Crippen LogP contribution is 2.31. The summed E-state index contributed by atoms with van der Waals surface area (Å²) in [5.74, 6) is -0.754. The third kappa shape index (κ3) is 5.77. The SMILES string of the molecule is CCc1c(-c2ccnn2C)cn(-c2cccc(C(F)(F)F)c2)c(=O)c1C(=O)NCc1ccc(S(C)(=O)=O)cn1. The predicted octanol–water partition coefficient (Wildman–Crippen LogP) is 3.55. The highest BCUT2D eigenvalue weighted by Gasteiger charge is 2.31. The van der Waals surface area contributed by atoms with Crippen molar-refractivity contribution in [1.29, 1.82) is 0 Å². The highest BCUT2D eigenvalue weighted by molar-refractivity contribution is 7.90. The van der Waals surface area contributed by atoms with E-state index in [4.69, 9.17) is 0 Å². The average Bonchev–Trinajstić information content (AvgIpc) is 3.31. The first-order chi connectivity index (χ1) is 18.3. The average molecular weight is 560 g/mol. The molecule has 0 radical (unpaired) electrons. The number of nitrogens with one attached hydrogen (secondary N) is 1. The lowest BCUT2D eigenvalue weighted by Gasteiger charge is -2.18. The topological polar surface area (TPSA) is 116 Å². The van der Waals surface area contributed by atoms with Crippen LogP contribution >= 0.6 is 0 Å². The number of nitrogens with zero attached hydrogens (tertiary/aromatic N) is 4. The van der Waals surface area contributed by atoms with E-state index in [1.165, 1.54) is 41.3 Å². The molecule has 4 aromatic rings. The molecule has 0 aliphatic heterocycles. The lowest BCUT2D eigenvalue weighted by molar-refractivity contribution is -0.137. The van der Waals surface area contributed by atoms with Crippen LogP contribution in [0, 0.1) is 0 Å². The molecule has 0 aliphatic rings. The van der Waals surface area contributed by atoms with Crippen molar-refractivity contribution in [2.75, 3.05) is 6.26 Å². The molecule has 204 valence electrons. The summed E-state index contributed by atoms with van der Waals surface area (Å²) >= 11 is 0. The number of rotatable bonds is 7. The summed E-state index contributed by atoms with van der Waals surface area (Å²) < 4.78 is 66.1. The fourth-order valence-corrected chi connectivity index (χ4v) is 4.69. The van der Waals surface area contributed by atoms with E-state index < -0.39 is 33.0 Å². The minimum Gasteiger partial charge on any atom is -0.346 e. The number of hydrogen-bond acceptors (Lipinski definition) is 6. The van der Waals surface area contributed by atoms with E-state index in [0.717, 1.165) is 29.2 Å². The number of amides is 1. The number of aromatic nitrogens is 4. The lowest BCUT2D eigenvalue weighted by atomic mass is 9.98. The van der Waals surface area contributed by atoms with Crippen molar-refractivity contribution in [3.63, 3.8) is 0 Å². The molecule has 13 heteroatoms. The normalized spacial score (nSPS) is 11.9. The van der Waals surface area contributed by atoms with Gasteiger partial charge in [0, 0.05) is 43.1 Å².